The van der Waals surface area contributed by atoms with Gasteiger partial charge in [0.2, 0.25) is 0 Å². The highest BCUT2D eigenvalue weighted by Gasteiger charge is 2.15. The standard InChI is InChI=1S/C22H18F2N6O/c1-13-3-4-19(25-9-13)14-5-15(21-12-28-29-30(21)2)7-16(6-14)22(31)27-11-20-18(24)8-17(23)10-26-20/h3-10,12H,11H2,1-2H3,(H,27,31). The van der Waals surface area contributed by atoms with E-state index >= 15 is 0 Å². The maximum absolute atomic E-state index is 13.8. The van der Waals surface area contributed by atoms with E-state index < -0.39 is 17.5 Å². The minimum atomic E-state index is -0.820. The summed E-state index contributed by atoms with van der Waals surface area (Å²) in [5.74, 6) is -2.03. The van der Waals surface area contributed by atoms with Crippen molar-refractivity contribution < 1.29 is 13.6 Å². The summed E-state index contributed by atoms with van der Waals surface area (Å²) in [6.07, 6.45) is 4.25. The van der Waals surface area contributed by atoms with E-state index in [1.165, 1.54) is 0 Å². The average Bonchev–Trinajstić information content (AvgIpc) is 3.19. The molecule has 1 amide bonds. The molecule has 0 saturated heterocycles. The van der Waals surface area contributed by atoms with Crippen molar-refractivity contribution in [2.75, 3.05) is 0 Å². The predicted octanol–water partition coefficient (Wildman–Crippen LogP) is 3.46. The van der Waals surface area contributed by atoms with Gasteiger partial charge in [0.05, 0.1) is 36.0 Å². The third-order valence-electron chi connectivity index (χ3n) is 4.71. The van der Waals surface area contributed by atoms with Crippen molar-refractivity contribution in [3.05, 3.63) is 83.4 Å². The summed E-state index contributed by atoms with van der Waals surface area (Å²) in [5.41, 5.74) is 4.18. The molecule has 0 atom stereocenters. The lowest BCUT2D eigenvalue weighted by atomic mass is 10.0. The van der Waals surface area contributed by atoms with E-state index in [4.69, 9.17) is 0 Å². The molecule has 31 heavy (non-hydrogen) atoms. The van der Waals surface area contributed by atoms with Gasteiger partial charge in [0, 0.05) is 36.0 Å². The molecule has 0 radical (unpaired) electrons. The fraction of sp³-hybridized carbons (Fsp3) is 0.136. The van der Waals surface area contributed by atoms with E-state index in [2.05, 4.69) is 25.6 Å². The third kappa shape index (κ3) is 4.45. The number of aryl methyl sites for hydroxylation is 2. The first-order valence-corrected chi connectivity index (χ1v) is 9.42. The van der Waals surface area contributed by atoms with Crippen molar-refractivity contribution in [3.63, 3.8) is 0 Å². The van der Waals surface area contributed by atoms with E-state index in [1.54, 1.807) is 36.3 Å². The Morgan fingerprint density at radius 3 is 2.52 bits per heavy atom. The van der Waals surface area contributed by atoms with Gasteiger partial charge in [-0.25, -0.2) is 13.5 Å². The summed E-state index contributed by atoms with van der Waals surface area (Å²) >= 11 is 0. The van der Waals surface area contributed by atoms with Crippen LogP contribution in [0.15, 0.2) is 55.0 Å². The Labute approximate surface area is 176 Å². The molecule has 1 aromatic carbocycles. The second-order valence-corrected chi connectivity index (χ2v) is 7.03. The van der Waals surface area contributed by atoms with E-state index in [1.807, 2.05) is 25.1 Å². The van der Waals surface area contributed by atoms with Crippen molar-refractivity contribution in [2.45, 2.75) is 13.5 Å². The summed E-state index contributed by atoms with van der Waals surface area (Å²) in [6.45, 7) is 1.76. The molecular weight excluding hydrogens is 402 g/mol. The minimum absolute atomic E-state index is 0.0536. The summed E-state index contributed by atoms with van der Waals surface area (Å²) in [5, 5.41) is 10.5. The number of hydrogen-bond donors (Lipinski definition) is 1. The molecule has 7 nitrogen and oxygen atoms in total. The number of halogens is 2. The number of carbonyl (C=O) groups is 1. The van der Waals surface area contributed by atoms with Gasteiger partial charge in [-0.3, -0.25) is 14.8 Å². The van der Waals surface area contributed by atoms with Gasteiger partial charge >= 0.3 is 0 Å². The van der Waals surface area contributed by atoms with Gasteiger partial charge in [-0.1, -0.05) is 11.3 Å². The lowest BCUT2D eigenvalue weighted by Gasteiger charge is -2.11. The first-order chi connectivity index (χ1) is 14.9. The molecule has 0 unspecified atom stereocenters. The molecule has 0 aliphatic rings. The fourth-order valence-corrected chi connectivity index (χ4v) is 3.08. The Morgan fingerprint density at radius 2 is 1.84 bits per heavy atom. The lowest BCUT2D eigenvalue weighted by Crippen LogP contribution is -2.24. The second-order valence-electron chi connectivity index (χ2n) is 7.03. The highest BCUT2D eigenvalue weighted by atomic mass is 19.1. The number of nitrogens with zero attached hydrogens (tertiary/aromatic N) is 5. The van der Waals surface area contributed by atoms with Gasteiger partial charge in [-0.05, 0) is 36.8 Å². The van der Waals surface area contributed by atoms with Gasteiger partial charge in [0.15, 0.2) is 0 Å². The molecular formula is C22H18F2N6O. The van der Waals surface area contributed by atoms with Crippen molar-refractivity contribution in [2.24, 2.45) is 7.05 Å². The second kappa shape index (κ2) is 8.39. The van der Waals surface area contributed by atoms with Gasteiger partial charge in [0.1, 0.15) is 11.6 Å². The van der Waals surface area contributed by atoms with Crippen LogP contribution < -0.4 is 5.32 Å². The predicted molar refractivity (Wildman–Crippen MR) is 110 cm³/mol. The summed E-state index contributed by atoms with van der Waals surface area (Å²) in [7, 11) is 1.75. The topological polar surface area (TPSA) is 85.6 Å². The lowest BCUT2D eigenvalue weighted by molar-refractivity contribution is 0.0950. The molecule has 3 aromatic heterocycles. The van der Waals surface area contributed by atoms with E-state index in [-0.39, 0.29) is 12.2 Å². The molecule has 156 valence electrons. The fourth-order valence-electron chi connectivity index (χ4n) is 3.08. The molecule has 0 bridgehead atoms. The number of amides is 1. The maximum Gasteiger partial charge on any atom is 0.251 e. The Bertz CT molecular complexity index is 1250. The number of rotatable bonds is 5. The molecule has 4 rings (SSSR count). The van der Waals surface area contributed by atoms with Crippen molar-refractivity contribution in [3.8, 4) is 22.5 Å². The van der Waals surface area contributed by atoms with Crippen LogP contribution in [0.3, 0.4) is 0 Å². The van der Waals surface area contributed by atoms with Gasteiger partial charge in [-0.15, -0.1) is 5.10 Å². The Balaban J connectivity index is 1.68. The quantitative estimate of drug-likeness (QED) is 0.535. The zero-order valence-electron chi connectivity index (χ0n) is 16.8. The zero-order chi connectivity index (χ0) is 22.0. The van der Waals surface area contributed by atoms with Crippen LogP contribution in [0.25, 0.3) is 22.5 Å². The monoisotopic (exact) mass is 420 g/mol. The van der Waals surface area contributed by atoms with Crippen molar-refractivity contribution in [1.29, 1.82) is 0 Å². The van der Waals surface area contributed by atoms with Crippen LogP contribution in [0, 0.1) is 18.6 Å². The first-order valence-electron chi connectivity index (χ1n) is 9.42. The number of nitrogens with one attached hydrogen (secondary N) is 1. The SMILES string of the molecule is Cc1ccc(-c2cc(C(=O)NCc3ncc(F)cc3F)cc(-c3cnnn3C)c2)nc1. The van der Waals surface area contributed by atoms with Crippen LogP contribution in [-0.4, -0.2) is 30.9 Å². The Kier molecular flexibility index (Phi) is 5.48. The number of benzene rings is 1. The van der Waals surface area contributed by atoms with E-state index in [9.17, 15) is 13.6 Å². The molecule has 0 spiro atoms. The van der Waals surface area contributed by atoms with Gasteiger partial charge in [-0.2, -0.15) is 0 Å². The Morgan fingerprint density at radius 1 is 1.03 bits per heavy atom. The van der Waals surface area contributed by atoms with Crippen LogP contribution >= 0.6 is 0 Å². The highest BCUT2D eigenvalue weighted by Crippen LogP contribution is 2.27. The molecule has 0 fully saturated rings. The third-order valence-corrected chi connectivity index (χ3v) is 4.71. The van der Waals surface area contributed by atoms with Gasteiger partial charge < -0.3 is 5.32 Å². The molecule has 9 heteroatoms. The van der Waals surface area contributed by atoms with Crippen molar-refractivity contribution in [1.82, 2.24) is 30.3 Å². The van der Waals surface area contributed by atoms with Crippen molar-refractivity contribution >= 4 is 5.91 Å². The highest BCUT2D eigenvalue weighted by molar-refractivity contribution is 5.97. The smallest absolute Gasteiger partial charge is 0.251 e. The normalized spacial score (nSPS) is 10.8. The molecule has 1 N–H and O–H groups in total. The van der Waals surface area contributed by atoms with Gasteiger partial charge in [0.25, 0.3) is 5.91 Å². The molecule has 0 aliphatic carbocycles. The van der Waals surface area contributed by atoms with E-state index in [0.717, 1.165) is 29.0 Å². The average molecular weight is 420 g/mol. The van der Waals surface area contributed by atoms with Crippen LogP contribution in [0.5, 0.6) is 0 Å². The van der Waals surface area contributed by atoms with Crippen LogP contribution in [0.4, 0.5) is 8.78 Å². The molecule has 0 saturated carbocycles. The minimum Gasteiger partial charge on any atom is -0.346 e. The number of pyridine rings is 2. The van der Waals surface area contributed by atoms with Crippen LogP contribution in [0.1, 0.15) is 21.6 Å². The largest absolute Gasteiger partial charge is 0.346 e. The summed E-state index contributed by atoms with van der Waals surface area (Å²) < 4.78 is 28.5. The molecule has 3 heterocycles. The number of carbonyl (C=O) groups excluding carboxylic acids is 1. The maximum atomic E-state index is 13.8. The summed E-state index contributed by atoms with van der Waals surface area (Å²) in [4.78, 5) is 21.0. The molecule has 4 aromatic rings. The number of hydrogen-bond acceptors (Lipinski definition) is 5. The van der Waals surface area contributed by atoms with Crippen LogP contribution in [0.2, 0.25) is 0 Å². The Hall–Kier alpha value is -4.01. The zero-order valence-corrected chi connectivity index (χ0v) is 16.8. The van der Waals surface area contributed by atoms with Crippen LogP contribution in [-0.2, 0) is 13.6 Å². The molecule has 0 aliphatic heterocycles. The first kappa shape index (κ1) is 20.3. The summed E-state index contributed by atoms with van der Waals surface area (Å²) in [6, 6.07) is 9.83. The number of aromatic nitrogens is 5. The van der Waals surface area contributed by atoms with E-state index in [0.29, 0.717) is 17.0 Å².